The largest absolute Gasteiger partial charge is 0.457 e. The van der Waals surface area contributed by atoms with E-state index in [1.807, 2.05) is 133 Å². The number of hydrogen-bond donors (Lipinski definition) is 0. The summed E-state index contributed by atoms with van der Waals surface area (Å²) in [6.45, 7) is 5.23. The molecule has 0 N–H and O–H groups in total. The van der Waals surface area contributed by atoms with Crippen LogP contribution < -0.4 is 30.9 Å². The normalized spacial score (nSPS) is 15.0. The molecule has 5 heterocycles. The van der Waals surface area contributed by atoms with Crippen LogP contribution in [0.25, 0.3) is 133 Å². The number of para-hydroxylation sites is 6. The topological polar surface area (TPSA) is 25.6 Å². The summed E-state index contributed by atoms with van der Waals surface area (Å²) in [4.78, 5) is 4.37. The van der Waals surface area contributed by atoms with E-state index < -0.39 is 114 Å². The predicted octanol–water partition coefficient (Wildman–Crippen LogP) is 29.4. The first-order valence-electron chi connectivity index (χ1n) is 51.0. The Bertz CT molecular complexity index is 8680. The van der Waals surface area contributed by atoms with E-state index in [2.05, 4.69) is 225 Å². The van der Waals surface area contributed by atoms with Gasteiger partial charge < -0.3 is 23.7 Å². The Hall–Kier alpha value is -15.8. The van der Waals surface area contributed by atoms with Gasteiger partial charge >= 0.3 is 0 Å². The van der Waals surface area contributed by atoms with E-state index in [9.17, 15) is 24.7 Å². The highest BCUT2D eigenvalue weighted by atomic mass is 16.5. The van der Waals surface area contributed by atoms with Gasteiger partial charge in [-0.15, -0.1) is 0 Å². The summed E-state index contributed by atoms with van der Waals surface area (Å²) < 4.78 is 189. The highest BCUT2D eigenvalue weighted by molar-refractivity contribution is 7.00. The van der Waals surface area contributed by atoms with Crippen molar-refractivity contribution in [1.82, 2.24) is 9.13 Å². The number of rotatable bonds is 13. The van der Waals surface area contributed by atoms with Gasteiger partial charge in [-0.05, 0) is 191 Å². The Morgan fingerprint density at radius 1 is 0.280 bits per heavy atom. The van der Waals surface area contributed by atoms with Gasteiger partial charge in [0.05, 0.1) is 63.5 Å². The second-order valence-electron chi connectivity index (χ2n) is 33.2. The molecule has 3 aliphatic rings. The summed E-state index contributed by atoms with van der Waals surface area (Å²) in [6.07, 6.45) is 0. The van der Waals surface area contributed by atoms with Crippen LogP contribution in [0.3, 0.4) is 0 Å². The maximum absolute atomic E-state index is 11.8. The summed E-state index contributed by atoms with van der Waals surface area (Å²) >= 11 is 0. The molecule has 24 rings (SSSR count). The molecule has 0 saturated heterocycles. The zero-order valence-electron chi connectivity index (χ0n) is 86.1. The van der Waals surface area contributed by atoms with Crippen molar-refractivity contribution in [3.8, 4) is 101 Å². The monoisotopic (exact) mass is 1610 g/mol. The summed E-state index contributed by atoms with van der Waals surface area (Å²) in [7, 11) is 0. The molecule has 0 saturated carbocycles. The lowest BCUT2D eigenvalue weighted by atomic mass is 9.33. The SMILES string of the molecule is [2H]c1cc(-n2c3c([2H])c([2H])c([2H])c([2H])c3c3c([2H])c([2H])c([2H])c([2H])c32)cc2c1B1c3c([2H])cc(-n4c5c([2H])c([2H])c([2H])c([2H])c5c5c([2H])c([2H])c([2H])c([2H])c54)cc3N(c3c(-c4ccccc4)cc(C(C)(C)C)cc3-c3ccccc3)c3cc(-c4ccc5c(c4)Oc4ccccc4C5(c4ccccc4)c4ccccc4)cc(c31)N2c1c(-c2cccc(-c3ccccc3)c2)cccc1-c1cccc(-c2ccccc2)c1. The zero-order chi connectivity index (χ0) is 98.7. The summed E-state index contributed by atoms with van der Waals surface area (Å²) in [5, 5.41) is -0.730. The highest BCUT2D eigenvalue weighted by Gasteiger charge is 2.48. The second-order valence-corrected chi connectivity index (χ2v) is 33.2. The minimum atomic E-state index is -1.27. The molecule has 5 nitrogen and oxygen atoms in total. The standard InChI is InChI=1S/C119H83BN4O/c1-118(2,3)90-74-99(80-39-14-6-15-40-80)117(100(75-90)81-41-16-7-17-42-81)124-110-77-92(122-107-60-29-24-53-97(107)98-54-25-30-61-108(98)122)65-68-104(110)120-103-67-64-91(121-105-58-27-22-51-95(105)96-52-23-28-59-106(96)121)76-109(103)123(116-93(85-45-32-43-82(69-85)78-35-10-4-11-36-78)55-34-56-94(116)86-46-33-44-83(70-86)79-37-12-5-13-38-79)111-71-87(72-112(124)115(111)120)84-63-66-102-114(73-84)125-113-62-31-26-57-101(113)119(102,88-47-18-8-19-48-88)89-49-20-9-21-50-89/h4-77H,1-3H3/i22D,23D,24D,25D,27D,28D,29D,30D,51D,52D,53D,54D,58D,59D,60D,61D,67D,68D. The first-order chi connectivity index (χ1) is 69.1. The Labute approximate surface area is 753 Å². The predicted molar refractivity (Wildman–Crippen MR) is 524 cm³/mol. The van der Waals surface area contributed by atoms with Crippen molar-refractivity contribution in [2.45, 2.75) is 31.6 Å². The van der Waals surface area contributed by atoms with Crippen molar-refractivity contribution in [3.63, 3.8) is 0 Å². The molecule has 0 amide bonds. The van der Waals surface area contributed by atoms with Crippen LogP contribution in [-0.4, -0.2) is 15.8 Å². The van der Waals surface area contributed by atoms with Crippen LogP contribution in [0.4, 0.5) is 34.1 Å². The second kappa shape index (κ2) is 29.3. The maximum Gasteiger partial charge on any atom is 0.252 e. The van der Waals surface area contributed by atoms with E-state index in [4.69, 9.17) is 4.74 Å². The number of anilines is 6. The molecular formula is C119H83BN4O. The Kier molecular flexibility index (Phi) is 13.3. The van der Waals surface area contributed by atoms with Crippen LogP contribution >= 0.6 is 0 Å². The third-order valence-electron chi connectivity index (χ3n) is 25.3. The number of ether oxygens (including phenoxy) is 1. The number of nitrogens with zero attached hydrogens (tertiary/aromatic N) is 4. The summed E-state index contributed by atoms with van der Waals surface area (Å²) in [5.74, 6) is 1.14. The van der Waals surface area contributed by atoms with E-state index in [1.54, 1.807) is 12.1 Å². The van der Waals surface area contributed by atoms with Crippen LogP contribution in [0.1, 0.15) is 73.3 Å². The molecule has 0 bridgehead atoms. The van der Waals surface area contributed by atoms with Gasteiger partial charge in [-0.3, -0.25) is 0 Å². The lowest BCUT2D eigenvalue weighted by Gasteiger charge is -2.46. The lowest BCUT2D eigenvalue weighted by molar-refractivity contribution is 0.434. The van der Waals surface area contributed by atoms with Crippen molar-refractivity contribution >= 4 is 101 Å². The number of aromatic nitrogens is 2. The van der Waals surface area contributed by atoms with Gasteiger partial charge in [0.15, 0.2) is 0 Å². The minimum absolute atomic E-state index is 0.0517. The van der Waals surface area contributed by atoms with Gasteiger partial charge in [-0.2, -0.15) is 0 Å². The molecule has 125 heavy (non-hydrogen) atoms. The molecule has 0 radical (unpaired) electrons. The average molecular weight is 1610 g/mol. The molecule has 6 heteroatoms. The van der Waals surface area contributed by atoms with Crippen molar-refractivity contribution in [2.24, 2.45) is 0 Å². The number of benzene rings is 19. The quantitative estimate of drug-likeness (QED) is 0.108. The van der Waals surface area contributed by atoms with Crippen molar-refractivity contribution < 1.29 is 29.4 Å². The Balaban J connectivity index is 0.930. The molecule has 2 aromatic heterocycles. The molecule has 19 aromatic carbocycles. The van der Waals surface area contributed by atoms with Crippen LogP contribution in [-0.2, 0) is 10.8 Å². The zero-order valence-corrected chi connectivity index (χ0v) is 68.1. The van der Waals surface area contributed by atoms with Crippen LogP contribution in [0.5, 0.6) is 11.5 Å². The van der Waals surface area contributed by atoms with E-state index in [0.717, 1.165) is 83.5 Å². The van der Waals surface area contributed by atoms with Crippen LogP contribution in [0.2, 0.25) is 0 Å². The average Bonchev–Trinajstić information content (AvgIpc) is 1.45. The number of hydrogen-bond acceptors (Lipinski definition) is 3. The molecule has 0 unspecified atom stereocenters. The fourth-order valence-electron chi connectivity index (χ4n) is 19.7. The van der Waals surface area contributed by atoms with Gasteiger partial charge in [0.2, 0.25) is 0 Å². The fourth-order valence-corrected chi connectivity index (χ4v) is 19.7. The van der Waals surface area contributed by atoms with E-state index in [-0.39, 0.29) is 83.9 Å². The Morgan fingerprint density at radius 3 is 1.10 bits per heavy atom. The van der Waals surface area contributed by atoms with Crippen LogP contribution in [0.15, 0.2) is 448 Å². The third-order valence-corrected chi connectivity index (χ3v) is 25.3. The Morgan fingerprint density at radius 2 is 0.648 bits per heavy atom. The van der Waals surface area contributed by atoms with Crippen LogP contribution in [0, 0.1) is 0 Å². The minimum Gasteiger partial charge on any atom is -0.457 e. The fraction of sp³-hybridized carbons (Fsp3) is 0.0420. The third kappa shape index (κ3) is 11.8. The molecule has 0 spiro atoms. The van der Waals surface area contributed by atoms with Crippen molar-refractivity contribution in [3.05, 3.63) is 476 Å². The molecule has 0 fully saturated rings. The molecule has 0 aliphatic carbocycles. The molecule has 588 valence electrons. The first kappa shape index (κ1) is 56.7. The van der Waals surface area contributed by atoms with Gasteiger partial charge in [-0.1, -0.05) is 372 Å². The van der Waals surface area contributed by atoms with E-state index in [1.165, 1.54) is 9.13 Å². The smallest absolute Gasteiger partial charge is 0.252 e. The van der Waals surface area contributed by atoms with Gasteiger partial charge in [-0.25, -0.2) is 0 Å². The first-order valence-corrected chi connectivity index (χ1v) is 42.0. The van der Waals surface area contributed by atoms with E-state index in [0.29, 0.717) is 67.4 Å². The summed E-state index contributed by atoms with van der Waals surface area (Å²) in [6, 6.07) is 104. The van der Waals surface area contributed by atoms with Crippen molar-refractivity contribution in [2.75, 3.05) is 9.80 Å². The molecular weight excluding hydrogens is 1510 g/mol. The van der Waals surface area contributed by atoms with Gasteiger partial charge in [0, 0.05) is 89.0 Å². The maximum atomic E-state index is 11.8. The van der Waals surface area contributed by atoms with Crippen molar-refractivity contribution in [1.29, 1.82) is 0 Å². The summed E-state index contributed by atoms with van der Waals surface area (Å²) in [5.41, 5.74) is 17.1. The lowest BCUT2D eigenvalue weighted by Crippen LogP contribution is -2.61. The molecule has 21 aromatic rings. The molecule has 3 aliphatic heterocycles. The van der Waals surface area contributed by atoms with Gasteiger partial charge in [0.1, 0.15) is 11.5 Å². The molecule has 0 atom stereocenters. The van der Waals surface area contributed by atoms with Gasteiger partial charge in [0.25, 0.3) is 6.71 Å². The highest BCUT2D eigenvalue weighted by Crippen LogP contribution is 2.59. The number of fused-ring (bicyclic) bond motifs is 12. The van der Waals surface area contributed by atoms with E-state index >= 15 is 0 Å².